The van der Waals surface area contributed by atoms with Crippen molar-refractivity contribution < 1.29 is 9.47 Å². The molecule has 1 spiro atoms. The molecule has 0 radical (unpaired) electrons. The molecular weight excluding hydrogens is 629 g/mol. The minimum absolute atomic E-state index is 0.277. The standard InChI is InChI=1S/C30H31BrN9O2P/c1-39-13-18(11-35-39)19-9-23(25(41-2)10-24(19)40-14-30(15-40)16-42-17-30)37-29-34-12-20(31)28(38-29)36-22-6-5-21-26(27(22)43(3)4)33-8-7-32-21/h5-13H,14-17H2,1-4H3,(H2,34,36,37,38). The average molecular weight is 661 g/mol. The van der Waals surface area contributed by atoms with E-state index in [0.717, 1.165) is 75.3 Å². The van der Waals surface area contributed by atoms with Gasteiger partial charge in [-0.1, -0.05) is 7.92 Å². The zero-order valence-corrected chi connectivity index (χ0v) is 26.8. The highest BCUT2D eigenvalue weighted by molar-refractivity contribution is 9.10. The van der Waals surface area contributed by atoms with Gasteiger partial charge in [0.15, 0.2) is 0 Å². The van der Waals surface area contributed by atoms with Crippen LogP contribution in [-0.4, -0.2) is 76.5 Å². The van der Waals surface area contributed by atoms with E-state index in [0.29, 0.717) is 17.5 Å². The third-order valence-electron chi connectivity index (χ3n) is 7.85. The lowest BCUT2D eigenvalue weighted by Gasteiger charge is -2.56. The Balaban J connectivity index is 1.23. The molecule has 2 aliphatic heterocycles. The summed E-state index contributed by atoms with van der Waals surface area (Å²) in [6.45, 7) is 7.99. The molecule has 7 rings (SSSR count). The number of ether oxygens (including phenoxy) is 2. The molecule has 43 heavy (non-hydrogen) atoms. The van der Waals surface area contributed by atoms with Crippen molar-refractivity contribution in [3.05, 3.63) is 59.7 Å². The summed E-state index contributed by atoms with van der Waals surface area (Å²) in [5.74, 6) is 1.77. The molecule has 0 unspecified atom stereocenters. The number of methoxy groups -OCH3 is 1. The summed E-state index contributed by atoms with van der Waals surface area (Å²) in [4.78, 5) is 20.9. The zero-order valence-electron chi connectivity index (χ0n) is 24.3. The molecule has 11 nitrogen and oxygen atoms in total. The van der Waals surface area contributed by atoms with Crippen LogP contribution in [0.3, 0.4) is 0 Å². The fraction of sp³-hybridized carbons (Fsp3) is 0.300. The molecule has 0 bridgehead atoms. The molecule has 13 heteroatoms. The van der Waals surface area contributed by atoms with Crippen LogP contribution in [0.1, 0.15) is 0 Å². The molecule has 5 heterocycles. The molecule has 2 aliphatic rings. The van der Waals surface area contributed by atoms with E-state index in [2.05, 4.69) is 77.0 Å². The number of anilines is 5. The quantitative estimate of drug-likeness (QED) is 0.213. The Labute approximate surface area is 258 Å². The van der Waals surface area contributed by atoms with Gasteiger partial charge in [0.1, 0.15) is 11.6 Å². The van der Waals surface area contributed by atoms with Crippen molar-refractivity contribution in [2.45, 2.75) is 0 Å². The Morgan fingerprint density at radius 2 is 1.84 bits per heavy atom. The molecule has 2 aromatic carbocycles. The number of nitrogens with one attached hydrogen (secondary N) is 2. The van der Waals surface area contributed by atoms with Crippen molar-refractivity contribution in [3.63, 3.8) is 0 Å². The van der Waals surface area contributed by atoms with Gasteiger partial charge in [-0.2, -0.15) is 10.1 Å². The predicted octanol–water partition coefficient (Wildman–Crippen LogP) is 5.28. The van der Waals surface area contributed by atoms with Gasteiger partial charge in [-0.15, -0.1) is 0 Å². The van der Waals surface area contributed by atoms with Crippen LogP contribution in [0, 0.1) is 5.41 Å². The molecule has 5 aromatic rings. The van der Waals surface area contributed by atoms with Gasteiger partial charge >= 0.3 is 0 Å². The number of hydrogen-bond donors (Lipinski definition) is 2. The third-order valence-corrected chi connectivity index (χ3v) is 9.78. The lowest BCUT2D eigenvalue weighted by atomic mass is 9.77. The van der Waals surface area contributed by atoms with Gasteiger partial charge in [0.25, 0.3) is 0 Å². The lowest BCUT2D eigenvalue weighted by molar-refractivity contribution is -0.127. The second kappa shape index (κ2) is 11.0. The zero-order chi connectivity index (χ0) is 29.7. The maximum Gasteiger partial charge on any atom is 0.229 e. The Morgan fingerprint density at radius 1 is 1.02 bits per heavy atom. The number of fused-ring (bicyclic) bond motifs is 1. The molecule has 0 saturated carbocycles. The van der Waals surface area contributed by atoms with E-state index in [1.54, 1.807) is 25.7 Å². The third kappa shape index (κ3) is 5.17. The molecule has 2 saturated heterocycles. The first kappa shape index (κ1) is 27.9. The number of hydrogen-bond acceptors (Lipinski definition) is 10. The van der Waals surface area contributed by atoms with Gasteiger partial charge in [0.2, 0.25) is 5.95 Å². The van der Waals surface area contributed by atoms with E-state index in [1.807, 2.05) is 36.3 Å². The maximum absolute atomic E-state index is 5.87. The summed E-state index contributed by atoms with van der Waals surface area (Å²) in [6, 6.07) is 8.19. The van der Waals surface area contributed by atoms with Gasteiger partial charge in [0, 0.05) is 78.8 Å². The van der Waals surface area contributed by atoms with Crippen LogP contribution in [0.5, 0.6) is 5.75 Å². The first-order valence-corrected chi connectivity index (χ1v) is 16.9. The van der Waals surface area contributed by atoms with E-state index in [-0.39, 0.29) is 5.41 Å². The van der Waals surface area contributed by atoms with Crippen LogP contribution in [0.2, 0.25) is 0 Å². The predicted molar refractivity (Wildman–Crippen MR) is 175 cm³/mol. The SMILES string of the molecule is COc1cc(N2CC3(COC3)C2)c(-c2cnn(C)c2)cc1Nc1ncc(Br)c(Nc2ccc3nccnc3c2P(C)C)n1. The van der Waals surface area contributed by atoms with Gasteiger partial charge in [-0.25, -0.2) is 4.98 Å². The number of benzene rings is 2. The van der Waals surface area contributed by atoms with Crippen LogP contribution in [0.4, 0.5) is 28.8 Å². The van der Waals surface area contributed by atoms with Crippen molar-refractivity contribution in [2.24, 2.45) is 12.5 Å². The largest absolute Gasteiger partial charge is 0.494 e. The smallest absolute Gasteiger partial charge is 0.229 e. The van der Waals surface area contributed by atoms with Crippen LogP contribution in [0.15, 0.2) is 59.7 Å². The van der Waals surface area contributed by atoms with Crippen molar-refractivity contribution in [2.75, 3.05) is 62.3 Å². The van der Waals surface area contributed by atoms with Crippen LogP contribution >= 0.6 is 23.9 Å². The summed E-state index contributed by atoms with van der Waals surface area (Å²) < 4.78 is 13.9. The van der Waals surface area contributed by atoms with E-state index >= 15 is 0 Å². The Hall–Kier alpha value is -3.86. The molecule has 0 atom stereocenters. The molecule has 2 fully saturated rings. The molecule has 0 aliphatic carbocycles. The summed E-state index contributed by atoms with van der Waals surface area (Å²) >= 11 is 3.63. The fourth-order valence-corrected chi connectivity index (χ4v) is 7.23. The maximum atomic E-state index is 5.87. The molecule has 220 valence electrons. The van der Waals surface area contributed by atoms with E-state index < -0.39 is 7.92 Å². The topological polar surface area (TPSA) is 115 Å². The number of aryl methyl sites for hydroxylation is 1. The summed E-state index contributed by atoms with van der Waals surface area (Å²) in [5.41, 5.74) is 6.94. The number of rotatable bonds is 8. The van der Waals surface area contributed by atoms with Crippen LogP contribution in [-0.2, 0) is 11.8 Å². The highest BCUT2D eigenvalue weighted by atomic mass is 79.9. The van der Waals surface area contributed by atoms with Gasteiger partial charge in [0.05, 0.1) is 53.1 Å². The Bertz CT molecular complexity index is 1830. The first-order chi connectivity index (χ1) is 20.8. The number of aromatic nitrogens is 6. The normalized spacial score (nSPS) is 15.4. The van der Waals surface area contributed by atoms with Crippen LogP contribution < -0.4 is 25.6 Å². The van der Waals surface area contributed by atoms with Crippen molar-refractivity contribution in [1.82, 2.24) is 29.7 Å². The second-order valence-electron chi connectivity index (χ2n) is 11.2. The van der Waals surface area contributed by atoms with E-state index in [1.165, 1.54) is 0 Å². The Morgan fingerprint density at radius 3 is 2.53 bits per heavy atom. The van der Waals surface area contributed by atoms with Crippen molar-refractivity contribution >= 4 is 69.0 Å². The van der Waals surface area contributed by atoms with Crippen molar-refractivity contribution in [1.29, 1.82) is 0 Å². The number of nitrogens with zero attached hydrogens (tertiary/aromatic N) is 7. The minimum atomic E-state index is -0.483. The van der Waals surface area contributed by atoms with Crippen LogP contribution in [0.25, 0.3) is 22.2 Å². The van der Waals surface area contributed by atoms with E-state index in [9.17, 15) is 0 Å². The number of halogens is 1. The highest BCUT2D eigenvalue weighted by Crippen LogP contribution is 2.47. The van der Waals surface area contributed by atoms with Gasteiger partial charge in [-0.3, -0.25) is 14.6 Å². The monoisotopic (exact) mass is 659 g/mol. The first-order valence-electron chi connectivity index (χ1n) is 13.8. The summed E-state index contributed by atoms with van der Waals surface area (Å²) in [7, 11) is 3.12. The molecule has 3 aromatic heterocycles. The fourth-order valence-electron chi connectivity index (χ4n) is 5.73. The van der Waals surface area contributed by atoms with Gasteiger partial charge in [-0.05, 0) is 47.5 Å². The minimum Gasteiger partial charge on any atom is -0.494 e. The Kier molecular flexibility index (Phi) is 7.15. The van der Waals surface area contributed by atoms with E-state index in [4.69, 9.17) is 14.5 Å². The van der Waals surface area contributed by atoms with Crippen molar-refractivity contribution in [3.8, 4) is 16.9 Å². The lowest BCUT2D eigenvalue weighted by Crippen LogP contribution is -2.66. The summed E-state index contributed by atoms with van der Waals surface area (Å²) in [6.07, 6.45) is 9.10. The highest BCUT2D eigenvalue weighted by Gasteiger charge is 2.49. The average Bonchev–Trinajstić information content (AvgIpc) is 3.39. The molecule has 2 N–H and O–H groups in total. The second-order valence-corrected chi connectivity index (χ2v) is 14.3. The summed E-state index contributed by atoms with van der Waals surface area (Å²) in [5, 5.41) is 12.5. The molecular formula is C30H31BrN9O2P. The molecule has 0 amide bonds. The van der Waals surface area contributed by atoms with Gasteiger partial charge < -0.3 is 25.0 Å².